The smallest absolute Gasteiger partial charge is 0.152 e. The zero-order chi connectivity index (χ0) is 17.1. The first-order valence-corrected chi connectivity index (χ1v) is 8.45. The zero-order valence-corrected chi connectivity index (χ0v) is 14.3. The summed E-state index contributed by atoms with van der Waals surface area (Å²) in [4.78, 5) is 6.39. The van der Waals surface area contributed by atoms with Crippen LogP contribution in [0.2, 0.25) is 0 Å². The van der Waals surface area contributed by atoms with Gasteiger partial charge in [-0.15, -0.1) is 10.2 Å². The van der Waals surface area contributed by atoms with Crippen molar-refractivity contribution in [2.75, 3.05) is 26.3 Å². The van der Waals surface area contributed by atoms with Gasteiger partial charge >= 0.3 is 0 Å². The summed E-state index contributed by atoms with van der Waals surface area (Å²) in [6.07, 6.45) is 5.81. The van der Waals surface area contributed by atoms with E-state index in [1.165, 1.54) is 0 Å². The summed E-state index contributed by atoms with van der Waals surface area (Å²) in [5.74, 6) is 3.11. The second kappa shape index (κ2) is 7.42. The normalized spacial score (nSPS) is 19.3. The number of imidazole rings is 1. The fourth-order valence-corrected chi connectivity index (χ4v) is 3.43. The van der Waals surface area contributed by atoms with E-state index in [2.05, 4.69) is 29.2 Å². The number of aliphatic hydroxyl groups is 2. The van der Waals surface area contributed by atoms with E-state index in [1.54, 1.807) is 6.20 Å². The summed E-state index contributed by atoms with van der Waals surface area (Å²) in [6, 6.07) is -0.186. The minimum absolute atomic E-state index is 0.0206. The fraction of sp³-hybridized carbons (Fsp3) is 0.688. The highest BCUT2D eigenvalue weighted by Crippen LogP contribution is 2.27. The number of rotatable bonds is 6. The van der Waals surface area contributed by atoms with Gasteiger partial charge in [0, 0.05) is 31.9 Å². The van der Waals surface area contributed by atoms with E-state index in [1.807, 2.05) is 20.2 Å². The van der Waals surface area contributed by atoms with Crippen molar-refractivity contribution >= 4 is 0 Å². The van der Waals surface area contributed by atoms with Gasteiger partial charge in [-0.05, 0) is 26.3 Å². The van der Waals surface area contributed by atoms with Gasteiger partial charge in [0.2, 0.25) is 0 Å². The molecule has 2 N–H and O–H groups in total. The number of likely N-dealkylation sites (tertiary alicyclic amines) is 1. The Morgan fingerprint density at radius 2 is 2.08 bits per heavy atom. The average molecular weight is 334 g/mol. The van der Waals surface area contributed by atoms with Crippen molar-refractivity contribution in [3.8, 4) is 0 Å². The molecule has 8 nitrogen and oxygen atoms in total. The van der Waals surface area contributed by atoms with Crippen LogP contribution in [-0.4, -0.2) is 71.8 Å². The summed E-state index contributed by atoms with van der Waals surface area (Å²) in [5.41, 5.74) is 0. The monoisotopic (exact) mass is 334 g/mol. The second-order valence-electron chi connectivity index (χ2n) is 6.49. The molecular formula is C16H26N6O2. The summed E-state index contributed by atoms with van der Waals surface area (Å²) < 4.78 is 4.12. The van der Waals surface area contributed by atoms with Gasteiger partial charge in [0.25, 0.3) is 0 Å². The molecule has 1 saturated heterocycles. The molecule has 0 saturated carbocycles. The molecule has 3 rings (SSSR count). The lowest BCUT2D eigenvalue weighted by atomic mass is 9.96. The third-order valence-electron chi connectivity index (χ3n) is 4.99. The molecule has 3 heterocycles. The topological polar surface area (TPSA) is 92.2 Å². The Balaban J connectivity index is 1.74. The Morgan fingerprint density at radius 3 is 2.75 bits per heavy atom. The van der Waals surface area contributed by atoms with Crippen molar-refractivity contribution in [3.63, 3.8) is 0 Å². The minimum Gasteiger partial charge on any atom is -0.395 e. The first kappa shape index (κ1) is 17.1. The molecule has 1 aliphatic heterocycles. The molecule has 0 aliphatic carbocycles. The number of aryl methyl sites for hydroxylation is 1. The Morgan fingerprint density at radius 1 is 1.29 bits per heavy atom. The van der Waals surface area contributed by atoms with Crippen LogP contribution in [0.3, 0.4) is 0 Å². The van der Waals surface area contributed by atoms with Gasteiger partial charge in [-0.25, -0.2) is 4.98 Å². The second-order valence-corrected chi connectivity index (χ2v) is 6.49. The maximum absolute atomic E-state index is 9.42. The van der Waals surface area contributed by atoms with E-state index in [-0.39, 0.29) is 25.2 Å². The quantitative estimate of drug-likeness (QED) is 0.766. The summed E-state index contributed by atoms with van der Waals surface area (Å²) in [6.45, 7) is 4.28. The average Bonchev–Trinajstić information content (AvgIpc) is 3.16. The predicted molar refractivity (Wildman–Crippen MR) is 88.6 cm³/mol. The molecule has 0 radical (unpaired) electrons. The number of aromatic nitrogens is 5. The van der Waals surface area contributed by atoms with E-state index < -0.39 is 0 Å². The molecule has 132 valence electrons. The molecule has 0 amide bonds. The number of piperidine rings is 1. The zero-order valence-electron chi connectivity index (χ0n) is 14.3. The van der Waals surface area contributed by atoms with Gasteiger partial charge in [-0.1, -0.05) is 0 Å². The summed E-state index contributed by atoms with van der Waals surface area (Å²) >= 11 is 0. The minimum atomic E-state index is -0.186. The van der Waals surface area contributed by atoms with Gasteiger partial charge in [0.1, 0.15) is 11.6 Å². The maximum Gasteiger partial charge on any atom is 0.152 e. The Bertz CT molecular complexity index is 663. The molecular weight excluding hydrogens is 308 g/mol. The van der Waals surface area contributed by atoms with Crippen LogP contribution in [0.5, 0.6) is 0 Å². The van der Waals surface area contributed by atoms with E-state index in [0.717, 1.165) is 43.4 Å². The Kier molecular flexibility index (Phi) is 5.27. The van der Waals surface area contributed by atoms with Crippen LogP contribution >= 0.6 is 0 Å². The van der Waals surface area contributed by atoms with Crippen molar-refractivity contribution in [1.82, 2.24) is 29.2 Å². The summed E-state index contributed by atoms with van der Waals surface area (Å²) in [7, 11) is 2.01. The molecule has 0 bridgehead atoms. The van der Waals surface area contributed by atoms with E-state index in [9.17, 15) is 10.2 Å². The highest BCUT2D eigenvalue weighted by Gasteiger charge is 2.29. The predicted octanol–water partition coefficient (Wildman–Crippen LogP) is -0.0991. The van der Waals surface area contributed by atoms with E-state index in [0.29, 0.717) is 6.54 Å². The molecule has 2 aromatic heterocycles. The molecule has 1 atom stereocenters. The molecule has 2 aromatic rings. The molecule has 1 fully saturated rings. The van der Waals surface area contributed by atoms with Gasteiger partial charge in [-0.3, -0.25) is 4.90 Å². The lowest BCUT2D eigenvalue weighted by molar-refractivity contribution is 0.0537. The highest BCUT2D eigenvalue weighted by molar-refractivity contribution is 5.05. The van der Waals surface area contributed by atoms with Crippen molar-refractivity contribution in [2.24, 2.45) is 7.05 Å². The van der Waals surface area contributed by atoms with E-state index in [4.69, 9.17) is 0 Å². The van der Waals surface area contributed by atoms with Crippen LogP contribution < -0.4 is 0 Å². The van der Waals surface area contributed by atoms with Crippen molar-refractivity contribution in [3.05, 3.63) is 29.9 Å². The highest BCUT2D eigenvalue weighted by atomic mass is 16.3. The number of nitrogens with zero attached hydrogens (tertiary/aromatic N) is 6. The van der Waals surface area contributed by atoms with Crippen LogP contribution in [-0.2, 0) is 13.6 Å². The van der Waals surface area contributed by atoms with Crippen LogP contribution in [0.4, 0.5) is 0 Å². The van der Waals surface area contributed by atoms with Crippen LogP contribution in [0.15, 0.2) is 12.4 Å². The third kappa shape index (κ3) is 3.35. The fourth-order valence-electron chi connectivity index (χ4n) is 3.43. The Hall–Kier alpha value is -1.77. The molecule has 8 heteroatoms. The van der Waals surface area contributed by atoms with Crippen molar-refractivity contribution in [1.29, 1.82) is 0 Å². The molecule has 0 spiro atoms. The largest absolute Gasteiger partial charge is 0.395 e. The number of aliphatic hydroxyl groups excluding tert-OH is 2. The van der Waals surface area contributed by atoms with Gasteiger partial charge in [-0.2, -0.15) is 0 Å². The van der Waals surface area contributed by atoms with Crippen molar-refractivity contribution in [2.45, 2.75) is 38.3 Å². The third-order valence-corrected chi connectivity index (χ3v) is 4.99. The standard InChI is InChI=1S/C16H26N6O2/c1-12-17-5-7-21(12)9-15-18-19-16(20(15)2)13-4-3-6-22(8-13)14(10-23)11-24/h5,7,13-14,23-24H,3-4,6,8-11H2,1-2H3. The van der Waals surface area contributed by atoms with Gasteiger partial charge < -0.3 is 19.3 Å². The van der Waals surface area contributed by atoms with Gasteiger partial charge in [0.15, 0.2) is 5.82 Å². The molecule has 24 heavy (non-hydrogen) atoms. The lowest BCUT2D eigenvalue weighted by Crippen LogP contribution is -2.46. The number of hydrogen-bond acceptors (Lipinski definition) is 6. The van der Waals surface area contributed by atoms with Gasteiger partial charge in [0.05, 0.1) is 25.8 Å². The Labute approximate surface area is 141 Å². The lowest BCUT2D eigenvalue weighted by Gasteiger charge is -2.36. The first-order chi connectivity index (χ1) is 11.6. The SMILES string of the molecule is Cc1nccn1Cc1nnc(C2CCCN(C(CO)CO)C2)n1C. The van der Waals surface area contributed by atoms with E-state index >= 15 is 0 Å². The molecule has 1 aliphatic rings. The maximum atomic E-state index is 9.42. The molecule has 1 unspecified atom stereocenters. The number of hydrogen-bond donors (Lipinski definition) is 2. The summed E-state index contributed by atoms with van der Waals surface area (Å²) in [5, 5.41) is 27.6. The van der Waals surface area contributed by atoms with Crippen LogP contribution in [0.25, 0.3) is 0 Å². The van der Waals surface area contributed by atoms with Crippen LogP contribution in [0.1, 0.15) is 36.2 Å². The van der Waals surface area contributed by atoms with Crippen molar-refractivity contribution < 1.29 is 10.2 Å². The van der Waals surface area contributed by atoms with Crippen LogP contribution in [0, 0.1) is 6.92 Å². The molecule has 0 aromatic carbocycles. The first-order valence-electron chi connectivity index (χ1n) is 8.45.